The fourth-order valence-corrected chi connectivity index (χ4v) is 3.36. The van der Waals surface area contributed by atoms with Gasteiger partial charge in [0.25, 0.3) is 5.91 Å². The van der Waals surface area contributed by atoms with E-state index in [4.69, 9.17) is 5.73 Å². The number of piperidine rings is 1. The largest absolute Gasteiger partial charge is 0.382 e. The lowest BCUT2D eigenvalue weighted by Gasteiger charge is -2.29. The summed E-state index contributed by atoms with van der Waals surface area (Å²) in [4.78, 5) is 27.4. The number of aromatic nitrogens is 3. The number of fused-ring (bicyclic) bond motifs is 1. The van der Waals surface area contributed by atoms with Crippen LogP contribution in [-0.4, -0.2) is 33.9 Å². The smallest absolute Gasteiger partial charge is 0.278 e. The molecule has 132 valence electrons. The van der Waals surface area contributed by atoms with Crippen LogP contribution >= 0.6 is 0 Å². The number of pyridine rings is 1. The molecule has 0 aliphatic carbocycles. The van der Waals surface area contributed by atoms with Gasteiger partial charge in [-0.15, -0.1) is 0 Å². The molecule has 1 fully saturated rings. The monoisotopic (exact) mass is 348 g/mol. The van der Waals surface area contributed by atoms with E-state index < -0.39 is 0 Å². The number of benzene rings is 1. The normalized spacial score (nSPS) is 14.4. The molecule has 0 radical (unpaired) electrons. The Bertz CT molecular complexity index is 952. The molecule has 1 amide bonds. The van der Waals surface area contributed by atoms with E-state index in [2.05, 4.69) is 25.2 Å². The van der Waals surface area contributed by atoms with Crippen LogP contribution in [0.3, 0.4) is 0 Å². The summed E-state index contributed by atoms with van der Waals surface area (Å²) in [5.41, 5.74) is 8.55. The summed E-state index contributed by atoms with van der Waals surface area (Å²) in [7, 11) is 0. The minimum Gasteiger partial charge on any atom is -0.382 e. The number of carbonyl (C=O) groups is 1. The topological polar surface area (TPSA) is 97.0 Å². The molecular formula is C19H20N6O. The number of amides is 1. The Balaban J connectivity index is 1.70. The van der Waals surface area contributed by atoms with Gasteiger partial charge in [0.1, 0.15) is 0 Å². The third-order valence-corrected chi connectivity index (χ3v) is 4.63. The van der Waals surface area contributed by atoms with Gasteiger partial charge in [-0.3, -0.25) is 9.78 Å². The first-order valence-electron chi connectivity index (χ1n) is 8.74. The van der Waals surface area contributed by atoms with Crippen LogP contribution in [0.15, 0.2) is 42.9 Å². The van der Waals surface area contributed by atoms with E-state index >= 15 is 0 Å². The molecule has 1 aliphatic rings. The van der Waals surface area contributed by atoms with Gasteiger partial charge < -0.3 is 16.0 Å². The Morgan fingerprint density at radius 1 is 1.00 bits per heavy atom. The zero-order valence-corrected chi connectivity index (χ0v) is 14.4. The predicted octanol–water partition coefficient (Wildman–Crippen LogP) is 2.85. The van der Waals surface area contributed by atoms with Gasteiger partial charge in [-0.1, -0.05) is 0 Å². The molecule has 0 atom stereocenters. The summed E-state index contributed by atoms with van der Waals surface area (Å²) < 4.78 is 0. The molecule has 4 rings (SSSR count). The van der Waals surface area contributed by atoms with Gasteiger partial charge in [0.15, 0.2) is 11.5 Å². The maximum absolute atomic E-state index is 12.5. The molecule has 1 aliphatic heterocycles. The second-order valence-corrected chi connectivity index (χ2v) is 6.32. The number of nitrogen functional groups attached to an aromatic ring is 1. The fraction of sp³-hybridized carbons (Fsp3) is 0.263. The Labute approximate surface area is 151 Å². The van der Waals surface area contributed by atoms with Crippen LogP contribution in [-0.2, 0) is 0 Å². The van der Waals surface area contributed by atoms with E-state index in [0.717, 1.165) is 29.7 Å². The van der Waals surface area contributed by atoms with Crippen LogP contribution in [0.4, 0.5) is 17.2 Å². The molecule has 1 saturated heterocycles. The number of carbonyl (C=O) groups excluding carboxylic acids is 1. The van der Waals surface area contributed by atoms with Crippen molar-refractivity contribution in [1.29, 1.82) is 0 Å². The van der Waals surface area contributed by atoms with Crippen LogP contribution in [0, 0.1) is 0 Å². The summed E-state index contributed by atoms with van der Waals surface area (Å²) in [6.45, 7) is 2.07. The molecule has 3 N–H and O–H groups in total. The average molecular weight is 348 g/mol. The van der Waals surface area contributed by atoms with E-state index in [1.54, 1.807) is 6.20 Å². The molecule has 7 nitrogen and oxygen atoms in total. The highest BCUT2D eigenvalue weighted by Crippen LogP contribution is 2.32. The third kappa shape index (κ3) is 3.03. The number of nitrogens with two attached hydrogens (primary N) is 1. The second kappa shape index (κ2) is 6.95. The van der Waals surface area contributed by atoms with Crippen LogP contribution in [0.2, 0.25) is 0 Å². The molecule has 0 unspecified atom stereocenters. The molecule has 3 aromatic rings. The Hall–Kier alpha value is -3.22. The first-order valence-corrected chi connectivity index (χ1v) is 8.74. The molecule has 1 aromatic carbocycles. The van der Waals surface area contributed by atoms with Gasteiger partial charge in [-0.2, -0.15) is 0 Å². The minimum atomic E-state index is -0.383. The quantitative estimate of drug-likeness (QED) is 0.755. The number of hydrogen-bond acceptors (Lipinski definition) is 6. The highest BCUT2D eigenvalue weighted by atomic mass is 16.1. The van der Waals surface area contributed by atoms with Gasteiger partial charge >= 0.3 is 0 Å². The average Bonchev–Trinajstić information content (AvgIpc) is 2.69. The highest BCUT2D eigenvalue weighted by Gasteiger charge is 2.18. The van der Waals surface area contributed by atoms with Crippen molar-refractivity contribution in [1.82, 2.24) is 15.0 Å². The van der Waals surface area contributed by atoms with Gasteiger partial charge in [0.2, 0.25) is 0 Å². The fourth-order valence-electron chi connectivity index (χ4n) is 3.36. The van der Waals surface area contributed by atoms with E-state index in [9.17, 15) is 4.79 Å². The second-order valence-electron chi connectivity index (χ2n) is 6.32. The van der Waals surface area contributed by atoms with Crippen molar-refractivity contribution in [3.63, 3.8) is 0 Å². The molecule has 0 saturated carbocycles. The van der Waals surface area contributed by atoms with Crippen molar-refractivity contribution in [2.75, 3.05) is 29.0 Å². The molecular weight excluding hydrogens is 328 g/mol. The zero-order valence-electron chi connectivity index (χ0n) is 14.4. The highest BCUT2D eigenvalue weighted by molar-refractivity contribution is 6.11. The van der Waals surface area contributed by atoms with Crippen LogP contribution in [0.1, 0.15) is 29.8 Å². The number of nitrogens with one attached hydrogen (secondary N) is 1. The van der Waals surface area contributed by atoms with Crippen molar-refractivity contribution in [3.8, 4) is 0 Å². The van der Waals surface area contributed by atoms with Crippen molar-refractivity contribution < 1.29 is 4.79 Å². The molecule has 7 heteroatoms. The van der Waals surface area contributed by atoms with Gasteiger partial charge in [-0.25, -0.2) is 9.97 Å². The zero-order chi connectivity index (χ0) is 17.9. The van der Waals surface area contributed by atoms with Crippen LogP contribution in [0.25, 0.3) is 10.9 Å². The molecule has 0 spiro atoms. The number of hydrogen-bond donors (Lipinski definition) is 2. The SMILES string of the molecule is Nc1nccnc1C(=O)Nc1ccc(N2CCCCC2)c2ncccc12. The lowest BCUT2D eigenvalue weighted by molar-refractivity contribution is 0.102. The van der Waals surface area contributed by atoms with Gasteiger partial charge in [-0.05, 0) is 43.5 Å². The van der Waals surface area contributed by atoms with Crippen molar-refractivity contribution in [2.24, 2.45) is 0 Å². The van der Waals surface area contributed by atoms with E-state index in [-0.39, 0.29) is 17.4 Å². The summed E-state index contributed by atoms with van der Waals surface area (Å²) in [5, 5.41) is 3.79. The summed E-state index contributed by atoms with van der Waals surface area (Å²) in [5.74, 6) is -0.274. The van der Waals surface area contributed by atoms with E-state index in [1.807, 2.05) is 24.3 Å². The van der Waals surface area contributed by atoms with Crippen LogP contribution in [0.5, 0.6) is 0 Å². The van der Waals surface area contributed by atoms with Crippen LogP contribution < -0.4 is 16.0 Å². The predicted molar refractivity (Wildman–Crippen MR) is 102 cm³/mol. The molecule has 2 aromatic heterocycles. The molecule has 3 heterocycles. The number of nitrogens with zero attached hydrogens (tertiary/aromatic N) is 4. The van der Waals surface area contributed by atoms with Gasteiger partial charge in [0, 0.05) is 37.1 Å². The first-order chi connectivity index (χ1) is 12.7. The van der Waals surface area contributed by atoms with E-state index in [0.29, 0.717) is 5.69 Å². The summed E-state index contributed by atoms with van der Waals surface area (Å²) >= 11 is 0. The Morgan fingerprint density at radius 2 is 1.81 bits per heavy atom. The Kier molecular flexibility index (Phi) is 4.35. The summed E-state index contributed by atoms with van der Waals surface area (Å²) in [6.07, 6.45) is 8.35. The van der Waals surface area contributed by atoms with Crippen molar-refractivity contribution in [2.45, 2.75) is 19.3 Å². The van der Waals surface area contributed by atoms with Crippen molar-refractivity contribution in [3.05, 3.63) is 48.5 Å². The maximum atomic E-state index is 12.5. The first kappa shape index (κ1) is 16.3. The Morgan fingerprint density at radius 3 is 2.62 bits per heavy atom. The molecule has 26 heavy (non-hydrogen) atoms. The number of rotatable bonds is 3. The lowest BCUT2D eigenvalue weighted by Crippen LogP contribution is -2.29. The third-order valence-electron chi connectivity index (χ3n) is 4.63. The van der Waals surface area contributed by atoms with Crippen molar-refractivity contribution >= 4 is 34.0 Å². The minimum absolute atomic E-state index is 0.109. The molecule has 0 bridgehead atoms. The lowest BCUT2D eigenvalue weighted by atomic mass is 10.1. The van der Waals surface area contributed by atoms with E-state index in [1.165, 1.54) is 31.7 Å². The van der Waals surface area contributed by atoms with Gasteiger partial charge in [0.05, 0.1) is 16.9 Å². The summed E-state index contributed by atoms with van der Waals surface area (Å²) in [6, 6.07) is 7.77. The number of anilines is 3. The standard InChI is InChI=1S/C19H20N6O/c20-18-17(22-9-10-23-18)19(26)24-14-6-7-15(25-11-2-1-3-12-25)16-13(14)5-4-8-21-16/h4-10H,1-3,11-12H2,(H2,20,23)(H,24,26). The maximum Gasteiger partial charge on any atom is 0.278 e.